The average Bonchev–Trinajstić information content (AvgIpc) is 3.64. The molecule has 0 saturated heterocycles. The van der Waals surface area contributed by atoms with Crippen LogP contribution >= 0.6 is 0 Å². The van der Waals surface area contributed by atoms with Gasteiger partial charge in [0.25, 0.3) is 0 Å². The fourth-order valence-electron chi connectivity index (χ4n) is 11.6. The summed E-state index contributed by atoms with van der Waals surface area (Å²) < 4.78 is 0. The molecular weight excluding hydrogens is 721 g/mol. The molecule has 0 bridgehead atoms. The molecule has 0 spiro atoms. The van der Waals surface area contributed by atoms with Gasteiger partial charge in [-0.15, -0.1) is 0 Å². The first-order valence-electron chi connectivity index (χ1n) is 21.4. The SMILES string of the molecule is CC1(C)c2cc(-c3c4ccccc4c(-c4ccccc4)c4ccccc34)ccc2-c2cc3c(cc21)-c1ccc(-c2ccc4ccc5cccc6ccc2c4c56)cc1C3(C)C. The smallest absolute Gasteiger partial charge is 0.0159 e. The Bertz CT molecular complexity index is 3560. The van der Waals surface area contributed by atoms with Gasteiger partial charge in [-0.05, 0) is 156 Å². The lowest BCUT2D eigenvalue weighted by Crippen LogP contribution is -2.17. The summed E-state index contributed by atoms with van der Waals surface area (Å²) in [6, 6.07) is 69.1. The predicted octanol–water partition coefficient (Wildman–Crippen LogP) is 16.5. The zero-order valence-electron chi connectivity index (χ0n) is 34.3. The van der Waals surface area contributed by atoms with Crippen LogP contribution in [0.15, 0.2) is 182 Å². The molecule has 2 aliphatic carbocycles. The second-order valence-electron chi connectivity index (χ2n) is 18.4. The lowest BCUT2D eigenvalue weighted by Gasteiger charge is -2.25. The van der Waals surface area contributed by atoms with Crippen molar-refractivity contribution < 1.29 is 0 Å². The Morgan fingerprint density at radius 3 is 1.28 bits per heavy atom. The third-order valence-electron chi connectivity index (χ3n) is 14.6. The molecule has 0 N–H and O–H groups in total. The standard InChI is InChI=1S/C60H42/c1-59(2)51-31-39(41-27-23-38-22-21-36-15-12-16-37-24-30-48(41)58(38)55(36)37)25-28-42(51)49-33-54-50(34-53(49)59)43-29-26-40(32-52(43)60(54,3)4)57-46-19-10-8-17-44(46)56(35-13-6-5-7-14-35)45-18-9-11-20-47(45)57/h5-34H,1-4H3. The van der Waals surface area contributed by atoms with Crippen molar-refractivity contribution >= 4 is 53.9 Å². The quantitative estimate of drug-likeness (QED) is 0.124. The van der Waals surface area contributed by atoms with E-state index < -0.39 is 0 Å². The zero-order chi connectivity index (χ0) is 40.1. The first-order valence-corrected chi connectivity index (χ1v) is 21.4. The van der Waals surface area contributed by atoms with Crippen molar-refractivity contribution in [3.8, 4) is 55.6 Å². The fourth-order valence-corrected chi connectivity index (χ4v) is 11.6. The van der Waals surface area contributed by atoms with Crippen molar-refractivity contribution in [1.82, 2.24) is 0 Å². The number of hydrogen-bond acceptors (Lipinski definition) is 0. The molecule has 11 aromatic carbocycles. The maximum absolute atomic E-state index is 2.55. The van der Waals surface area contributed by atoms with Crippen molar-refractivity contribution in [1.29, 1.82) is 0 Å². The van der Waals surface area contributed by atoms with Crippen LogP contribution in [0, 0.1) is 0 Å². The largest absolute Gasteiger partial charge is 0.0622 e. The van der Waals surface area contributed by atoms with E-state index in [1.807, 2.05) is 0 Å². The molecule has 0 fully saturated rings. The number of benzene rings is 11. The van der Waals surface area contributed by atoms with Gasteiger partial charge < -0.3 is 0 Å². The van der Waals surface area contributed by atoms with Crippen molar-refractivity contribution in [3.63, 3.8) is 0 Å². The molecule has 0 aromatic heterocycles. The van der Waals surface area contributed by atoms with Crippen molar-refractivity contribution in [2.45, 2.75) is 38.5 Å². The van der Waals surface area contributed by atoms with E-state index in [1.54, 1.807) is 0 Å². The van der Waals surface area contributed by atoms with Crippen molar-refractivity contribution in [2.75, 3.05) is 0 Å². The Labute approximate surface area is 350 Å². The number of fused-ring (bicyclic) bond motifs is 8. The lowest BCUT2D eigenvalue weighted by atomic mass is 9.78. The summed E-state index contributed by atoms with van der Waals surface area (Å²) in [7, 11) is 0. The molecule has 0 heterocycles. The minimum Gasteiger partial charge on any atom is -0.0622 e. The topological polar surface area (TPSA) is 0 Å². The maximum Gasteiger partial charge on any atom is 0.0159 e. The van der Waals surface area contributed by atoms with Crippen LogP contribution in [0.25, 0.3) is 109 Å². The highest BCUT2D eigenvalue weighted by molar-refractivity contribution is 6.26. The Balaban J connectivity index is 0.946. The Hall–Kier alpha value is -7.02. The maximum atomic E-state index is 2.55. The van der Waals surface area contributed by atoms with Gasteiger partial charge in [0, 0.05) is 10.8 Å². The summed E-state index contributed by atoms with van der Waals surface area (Å²) in [6.45, 7) is 9.72. The molecule has 2 aliphatic rings. The third-order valence-corrected chi connectivity index (χ3v) is 14.6. The van der Waals surface area contributed by atoms with Gasteiger partial charge in [-0.2, -0.15) is 0 Å². The summed E-state index contributed by atoms with van der Waals surface area (Å²) in [5, 5.41) is 13.2. The van der Waals surface area contributed by atoms with Crippen molar-refractivity contribution in [2.24, 2.45) is 0 Å². The number of hydrogen-bond donors (Lipinski definition) is 0. The Kier molecular flexibility index (Phi) is 6.67. The molecule has 0 saturated carbocycles. The summed E-state index contributed by atoms with van der Waals surface area (Å²) in [5.41, 5.74) is 18.6. The minimum absolute atomic E-state index is 0.148. The lowest BCUT2D eigenvalue weighted by molar-refractivity contribution is 0.652. The van der Waals surface area contributed by atoms with E-state index >= 15 is 0 Å². The molecule has 0 aliphatic heterocycles. The first-order chi connectivity index (χ1) is 29.3. The fraction of sp³-hybridized carbons (Fsp3) is 0.100. The molecule has 0 nitrogen and oxygen atoms in total. The van der Waals surface area contributed by atoms with Crippen LogP contribution in [-0.4, -0.2) is 0 Å². The van der Waals surface area contributed by atoms with Gasteiger partial charge in [0.05, 0.1) is 0 Å². The number of rotatable bonds is 3. The second kappa shape index (κ2) is 11.8. The van der Waals surface area contributed by atoms with E-state index in [-0.39, 0.29) is 10.8 Å². The van der Waals surface area contributed by atoms with Crippen LogP contribution in [0.3, 0.4) is 0 Å². The van der Waals surface area contributed by atoms with E-state index in [2.05, 4.69) is 210 Å². The van der Waals surface area contributed by atoms with Gasteiger partial charge in [0.15, 0.2) is 0 Å². The van der Waals surface area contributed by atoms with Gasteiger partial charge >= 0.3 is 0 Å². The summed E-state index contributed by atoms with van der Waals surface area (Å²) in [6.07, 6.45) is 0. The van der Waals surface area contributed by atoms with Gasteiger partial charge in [0.2, 0.25) is 0 Å². The highest BCUT2D eigenvalue weighted by Crippen LogP contribution is 2.57. The first kappa shape index (κ1) is 33.9. The molecule has 0 amide bonds. The van der Waals surface area contributed by atoms with E-state index in [9.17, 15) is 0 Å². The molecular formula is C60H42. The molecule has 60 heavy (non-hydrogen) atoms. The normalized spacial score (nSPS) is 14.6. The highest BCUT2D eigenvalue weighted by Gasteiger charge is 2.42. The predicted molar refractivity (Wildman–Crippen MR) is 257 cm³/mol. The molecule has 0 unspecified atom stereocenters. The zero-order valence-corrected chi connectivity index (χ0v) is 34.3. The highest BCUT2D eigenvalue weighted by atomic mass is 14.4. The minimum atomic E-state index is -0.167. The van der Waals surface area contributed by atoms with Gasteiger partial charge in [-0.25, -0.2) is 0 Å². The van der Waals surface area contributed by atoms with E-state index in [0.29, 0.717) is 0 Å². The van der Waals surface area contributed by atoms with E-state index in [4.69, 9.17) is 0 Å². The summed E-state index contributed by atoms with van der Waals surface area (Å²) >= 11 is 0. The van der Waals surface area contributed by atoms with Crippen LogP contribution in [0.5, 0.6) is 0 Å². The van der Waals surface area contributed by atoms with E-state index in [0.717, 1.165) is 0 Å². The second-order valence-corrected chi connectivity index (χ2v) is 18.4. The molecule has 0 radical (unpaired) electrons. The van der Waals surface area contributed by atoms with Gasteiger partial charge in [0.1, 0.15) is 0 Å². The molecule has 13 rings (SSSR count). The molecule has 0 heteroatoms. The third kappa shape index (κ3) is 4.41. The van der Waals surface area contributed by atoms with Crippen LogP contribution in [0.1, 0.15) is 49.9 Å². The van der Waals surface area contributed by atoms with Crippen molar-refractivity contribution in [3.05, 3.63) is 204 Å². The van der Waals surface area contributed by atoms with Gasteiger partial charge in [-0.3, -0.25) is 0 Å². The summed E-state index contributed by atoms with van der Waals surface area (Å²) in [4.78, 5) is 0. The Morgan fingerprint density at radius 1 is 0.267 bits per heavy atom. The molecule has 282 valence electrons. The van der Waals surface area contributed by atoms with Crippen LogP contribution < -0.4 is 0 Å². The van der Waals surface area contributed by atoms with Crippen LogP contribution in [0.4, 0.5) is 0 Å². The van der Waals surface area contributed by atoms with Gasteiger partial charge in [-0.1, -0.05) is 185 Å². The Morgan fingerprint density at radius 2 is 0.700 bits per heavy atom. The molecule has 11 aromatic rings. The van der Waals surface area contributed by atoms with Crippen LogP contribution in [-0.2, 0) is 10.8 Å². The average molecular weight is 763 g/mol. The molecule has 0 atom stereocenters. The van der Waals surface area contributed by atoms with Crippen LogP contribution in [0.2, 0.25) is 0 Å². The summed E-state index contributed by atoms with van der Waals surface area (Å²) in [5.74, 6) is 0. The monoisotopic (exact) mass is 762 g/mol. The van der Waals surface area contributed by atoms with E-state index in [1.165, 1.54) is 132 Å².